The molecule has 0 saturated carbocycles. The fourth-order valence-electron chi connectivity index (χ4n) is 0.902. The Bertz CT molecular complexity index is 305. The van der Waals surface area contributed by atoms with Crippen molar-refractivity contribution in [2.45, 2.75) is 46.6 Å². The maximum absolute atomic E-state index is 11.2. The third kappa shape index (κ3) is 9.35. The summed E-state index contributed by atoms with van der Waals surface area (Å²) < 4.78 is 9.70. The van der Waals surface area contributed by atoms with Crippen LogP contribution in [0.3, 0.4) is 0 Å². The molecular weight excluding hydrogens is 224 g/mol. The first-order valence-corrected chi connectivity index (χ1v) is 5.42. The maximum Gasteiger partial charge on any atom is 0.428 e. The molecule has 1 N–H and O–H groups in total. The second kappa shape index (κ2) is 6.88. The lowest BCUT2D eigenvalue weighted by atomic mass is 10.2. The number of nitrogens with zero attached hydrogens (tertiary/aromatic N) is 1. The van der Waals surface area contributed by atoms with Gasteiger partial charge in [0.25, 0.3) is 0 Å². The van der Waals surface area contributed by atoms with Gasteiger partial charge in [-0.15, -0.1) is 0 Å². The number of hydrogen-bond donors (Lipinski definition) is 1. The van der Waals surface area contributed by atoms with Crippen LogP contribution in [0.4, 0.5) is 4.79 Å². The summed E-state index contributed by atoms with van der Waals surface area (Å²) in [4.78, 5) is 22.3. The number of ether oxygens (including phenoxy) is 2. The Morgan fingerprint density at radius 2 is 1.88 bits per heavy atom. The summed E-state index contributed by atoms with van der Waals surface area (Å²) in [7, 11) is 0. The number of hydrazone groups is 1. The number of carbonyl (C=O) groups excluding carboxylic acids is 2. The quantitative estimate of drug-likeness (QED) is 0.465. The van der Waals surface area contributed by atoms with Crippen molar-refractivity contribution in [3.63, 3.8) is 0 Å². The minimum atomic E-state index is -0.652. The first-order valence-electron chi connectivity index (χ1n) is 5.42. The lowest BCUT2D eigenvalue weighted by Gasteiger charge is -2.18. The molecule has 0 heterocycles. The van der Waals surface area contributed by atoms with Crippen LogP contribution in [0.1, 0.15) is 41.0 Å². The fourth-order valence-corrected chi connectivity index (χ4v) is 0.902. The highest BCUT2D eigenvalue weighted by atomic mass is 16.6. The second-order valence-corrected chi connectivity index (χ2v) is 4.44. The number of nitrogens with one attached hydrogen (secondary N) is 1. The predicted octanol–water partition coefficient (Wildman–Crippen LogP) is 1.84. The molecule has 0 rings (SSSR count). The Morgan fingerprint density at radius 3 is 2.35 bits per heavy atom. The third-order valence-corrected chi connectivity index (χ3v) is 1.44. The lowest BCUT2D eigenvalue weighted by Crippen LogP contribution is -2.30. The Kier molecular flexibility index (Phi) is 6.23. The number of rotatable bonds is 4. The molecule has 6 heteroatoms. The van der Waals surface area contributed by atoms with Crippen molar-refractivity contribution in [3.8, 4) is 0 Å². The Balaban J connectivity index is 4.07. The van der Waals surface area contributed by atoms with E-state index in [0.717, 1.165) is 0 Å². The van der Waals surface area contributed by atoms with Crippen molar-refractivity contribution in [1.82, 2.24) is 5.43 Å². The van der Waals surface area contributed by atoms with Crippen LogP contribution >= 0.6 is 0 Å². The van der Waals surface area contributed by atoms with E-state index >= 15 is 0 Å². The summed E-state index contributed by atoms with van der Waals surface area (Å²) in [5.74, 6) is -0.375. The predicted molar refractivity (Wildman–Crippen MR) is 63.7 cm³/mol. The Morgan fingerprint density at radius 1 is 1.29 bits per heavy atom. The van der Waals surface area contributed by atoms with Crippen molar-refractivity contribution in [3.05, 3.63) is 0 Å². The molecule has 0 spiro atoms. The molecule has 0 aliphatic carbocycles. The average molecular weight is 244 g/mol. The van der Waals surface area contributed by atoms with Gasteiger partial charge < -0.3 is 9.47 Å². The van der Waals surface area contributed by atoms with Crippen molar-refractivity contribution < 1.29 is 19.1 Å². The van der Waals surface area contributed by atoms with Crippen molar-refractivity contribution in [2.24, 2.45) is 5.10 Å². The zero-order chi connectivity index (χ0) is 13.5. The summed E-state index contributed by atoms with van der Waals surface area (Å²) in [5.41, 5.74) is 2.08. The number of esters is 1. The van der Waals surface area contributed by atoms with Gasteiger partial charge in [0, 0.05) is 5.71 Å². The molecule has 0 aromatic carbocycles. The fraction of sp³-hybridized carbons (Fsp3) is 0.727. The van der Waals surface area contributed by atoms with Crippen LogP contribution in [-0.4, -0.2) is 30.0 Å². The molecule has 0 aromatic heterocycles. The monoisotopic (exact) mass is 244 g/mol. The van der Waals surface area contributed by atoms with Gasteiger partial charge in [0.2, 0.25) is 0 Å². The summed E-state index contributed by atoms with van der Waals surface area (Å²) in [6.07, 6.45) is -0.607. The summed E-state index contributed by atoms with van der Waals surface area (Å²) in [6.45, 7) is 8.93. The van der Waals surface area contributed by atoms with E-state index in [1.165, 1.54) is 0 Å². The third-order valence-electron chi connectivity index (χ3n) is 1.44. The SMILES string of the molecule is CCOC(=O)CC(C)=NNC(=O)OC(C)(C)C. The highest BCUT2D eigenvalue weighted by Gasteiger charge is 2.15. The molecule has 0 fully saturated rings. The summed E-state index contributed by atoms with van der Waals surface area (Å²) in [5, 5.41) is 3.72. The first-order chi connectivity index (χ1) is 7.74. The van der Waals surface area contributed by atoms with E-state index in [1.807, 2.05) is 0 Å². The van der Waals surface area contributed by atoms with Crippen molar-refractivity contribution in [1.29, 1.82) is 0 Å². The van der Waals surface area contributed by atoms with Gasteiger partial charge in [-0.1, -0.05) is 0 Å². The standard InChI is InChI=1S/C11H20N2O4/c1-6-16-9(14)7-8(2)12-13-10(15)17-11(3,4)5/h6-7H2,1-5H3,(H,13,15). The van der Waals surface area contributed by atoms with E-state index in [1.54, 1.807) is 34.6 Å². The van der Waals surface area contributed by atoms with E-state index < -0.39 is 11.7 Å². The zero-order valence-electron chi connectivity index (χ0n) is 11.0. The molecule has 6 nitrogen and oxygen atoms in total. The maximum atomic E-state index is 11.2. The van der Waals surface area contributed by atoms with Crippen LogP contribution in [0.5, 0.6) is 0 Å². The molecule has 0 aliphatic rings. The van der Waals surface area contributed by atoms with E-state index in [0.29, 0.717) is 12.3 Å². The van der Waals surface area contributed by atoms with Gasteiger partial charge in [-0.25, -0.2) is 10.2 Å². The molecule has 0 saturated heterocycles. The lowest BCUT2D eigenvalue weighted by molar-refractivity contribution is -0.141. The van der Waals surface area contributed by atoms with Gasteiger partial charge in [0.15, 0.2) is 0 Å². The molecule has 0 bridgehead atoms. The Labute approximate surface area is 101 Å². The summed E-state index contributed by atoms with van der Waals surface area (Å²) in [6, 6.07) is 0. The molecule has 0 atom stereocenters. The van der Waals surface area contributed by atoms with Crippen molar-refractivity contribution >= 4 is 17.8 Å². The average Bonchev–Trinajstić information content (AvgIpc) is 2.12. The van der Waals surface area contributed by atoms with Crippen LogP contribution in [0.15, 0.2) is 5.10 Å². The Hall–Kier alpha value is -1.59. The molecule has 0 aliphatic heterocycles. The minimum Gasteiger partial charge on any atom is -0.466 e. The van der Waals surface area contributed by atoms with Gasteiger partial charge in [0.1, 0.15) is 5.60 Å². The van der Waals surface area contributed by atoms with Crippen molar-refractivity contribution in [2.75, 3.05) is 6.61 Å². The van der Waals surface area contributed by atoms with Crippen LogP contribution < -0.4 is 5.43 Å². The largest absolute Gasteiger partial charge is 0.466 e. The topological polar surface area (TPSA) is 77.0 Å². The minimum absolute atomic E-state index is 0.0453. The van der Waals surface area contributed by atoms with Crippen LogP contribution in [0.25, 0.3) is 0 Å². The molecule has 17 heavy (non-hydrogen) atoms. The second-order valence-electron chi connectivity index (χ2n) is 4.44. The van der Waals surface area contributed by atoms with Crippen LogP contribution in [0.2, 0.25) is 0 Å². The molecule has 1 amide bonds. The van der Waals surface area contributed by atoms with E-state index in [9.17, 15) is 9.59 Å². The van der Waals surface area contributed by atoms with Gasteiger partial charge in [0.05, 0.1) is 13.0 Å². The van der Waals surface area contributed by atoms with Gasteiger partial charge in [-0.05, 0) is 34.6 Å². The van der Waals surface area contributed by atoms with Gasteiger partial charge >= 0.3 is 12.1 Å². The van der Waals surface area contributed by atoms with E-state index in [-0.39, 0.29) is 12.4 Å². The van der Waals surface area contributed by atoms with Gasteiger partial charge in [-0.3, -0.25) is 4.79 Å². The highest BCUT2D eigenvalue weighted by molar-refractivity contribution is 5.97. The molecule has 0 aromatic rings. The van der Waals surface area contributed by atoms with E-state index in [4.69, 9.17) is 9.47 Å². The smallest absolute Gasteiger partial charge is 0.428 e. The molecule has 98 valence electrons. The number of hydrogen-bond acceptors (Lipinski definition) is 5. The molecular formula is C11H20N2O4. The highest BCUT2D eigenvalue weighted by Crippen LogP contribution is 2.06. The van der Waals surface area contributed by atoms with Gasteiger partial charge in [-0.2, -0.15) is 5.10 Å². The summed E-state index contributed by atoms with van der Waals surface area (Å²) >= 11 is 0. The van der Waals surface area contributed by atoms with E-state index in [2.05, 4.69) is 10.5 Å². The zero-order valence-corrected chi connectivity index (χ0v) is 11.0. The normalized spacial score (nSPS) is 11.9. The molecule has 0 unspecified atom stereocenters. The number of amides is 1. The van der Waals surface area contributed by atoms with Crippen LogP contribution in [-0.2, 0) is 14.3 Å². The number of carbonyl (C=O) groups is 2. The first kappa shape index (κ1) is 15.4. The molecule has 0 radical (unpaired) electrons. The van der Waals surface area contributed by atoms with Crippen LogP contribution in [0, 0.1) is 0 Å².